The van der Waals surface area contributed by atoms with Gasteiger partial charge in [0.1, 0.15) is 0 Å². The lowest BCUT2D eigenvalue weighted by Crippen LogP contribution is -1.84. The van der Waals surface area contributed by atoms with E-state index < -0.39 is 0 Å². The molecule has 0 heteroatoms. The second-order valence-corrected chi connectivity index (χ2v) is 6.71. The van der Waals surface area contributed by atoms with E-state index in [0.717, 1.165) is 0 Å². The highest BCUT2D eigenvalue weighted by atomic mass is 14.1. The van der Waals surface area contributed by atoms with Crippen LogP contribution in [0.2, 0.25) is 0 Å². The van der Waals surface area contributed by atoms with Gasteiger partial charge in [-0.05, 0) is 57.9 Å². The average Bonchev–Trinajstić information content (AvgIpc) is 2.71. The van der Waals surface area contributed by atoms with Crippen molar-refractivity contribution >= 4 is 10.8 Å². The molecule has 0 N–H and O–H groups in total. The molecule has 0 saturated heterocycles. The third-order valence-corrected chi connectivity index (χ3v) is 4.66. The number of fused-ring (bicyclic) bond motifs is 3. The maximum atomic E-state index is 2.41. The molecule has 0 aliphatic heterocycles. The van der Waals surface area contributed by atoms with Crippen molar-refractivity contribution in [3.05, 3.63) is 59.7 Å². The standard InChI is InChI=1S/C22H26/c1-4-5-6-7-17-8-9-20-15-19-11-10-18(16(2)3)12-13-21(19)22(20)14-17/h8-16H,4-7H2,1-3H3. The number of rotatable bonds is 5. The molecule has 1 aromatic rings. The van der Waals surface area contributed by atoms with Crippen molar-refractivity contribution in [2.45, 2.75) is 52.4 Å². The van der Waals surface area contributed by atoms with Gasteiger partial charge in [-0.3, -0.25) is 0 Å². The van der Waals surface area contributed by atoms with Crippen molar-refractivity contribution in [1.29, 1.82) is 0 Å². The third-order valence-electron chi connectivity index (χ3n) is 4.66. The fourth-order valence-electron chi connectivity index (χ4n) is 3.23. The summed E-state index contributed by atoms with van der Waals surface area (Å²) in [5.41, 5.74) is 5.62. The van der Waals surface area contributed by atoms with Crippen molar-refractivity contribution in [2.24, 2.45) is 0 Å². The Kier molecular flexibility index (Phi) is 4.47. The summed E-state index contributed by atoms with van der Waals surface area (Å²) in [4.78, 5) is 0. The zero-order valence-electron chi connectivity index (χ0n) is 14.0. The lowest BCUT2D eigenvalue weighted by molar-refractivity contribution is 0.718. The number of hydrogen-bond acceptors (Lipinski definition) is 0. The first kappa shape index (κ1) is 15.1. The zero-order chi connectivity index (χ0) is 15.5. The van der Waals surface area contributed by atoms with Gasteiger partial charge in [0.25, 0.3) is 0 Å². The molecule has 0 unspecified atom stereocenters. The normalized spacial score (nSPS) is 11.6. The maximum absolute atomic E-state index is 2.41. The van der Waals surface area contributed by atoms with Gasteiger partial charge in [0, 0.05) is 0 Å². The predicted molar refractivity (Wildman–Crippen MR) is 97.9 cm³/mol. The number of aryl methyl sites for hydroxylation is 1. The van der Waals surface area contributed by atoms with Crippen LogP contribution in [0.25, 0.3) is 21.9 Å². The molecular formula is C22H26. The van der Waals surface area contributed by atoms with E-state index in [2.05, 4.69) is 69.3 Å². The Balaban J connectivity index is 2.02. The second kappa shape index (κ2) is 6.52. The maximum Gasteiger partial charge on any atom is -0.0102 e. The SMILES string of the molecule is CCCCCc1ccc2cc3ccc(C(C)C)ccc-3c2c1. The Bertz CT molecular complexity index is 736. The smallest absolute Gasteiger partial charge is 0.0102 e. The molecule has 114 valence electrons. The molecule has 0 radical (unpaired) electrons. The Hall–Kier alpha value is -1.82. The third kappa shape index (κ3) is 3.02. The quantitative estimate of drug-likeness (QED) is 0.453. The molecule has 2 aliphatic carbocycles. The van der Waals surface area contributed by atoms with Crippen LogP contribution in [0.3, 0.4) is 0 Å². The number of benzene rings is 1. The Morgan fingerprint density at radius 3 is 2.45 bits per heavy atom. The zero-order valence-corrected chi connectivity index (χ0v) is 14.0. The molecule has 0 fully saturated rings. The summed E-state index contributed by atoms with van der Waals surface area (Å²) in [6, 6.07) is 18.5. The first-order chi connectivity index (χ1) is 10.7. The van der Waals surface area contributed by atoms with E-state index in [-0.39, 0.29) is 0 Å². The summed E-state index contributed by atoms with van der Waals surface area (Å²) in [6.07, 6.45) is 5.11. The van der Waals surface area contributed by atoms with Gasteiger partial charge >= 0.3 is 0 Å². The van der Waals surface area contributed by atoms with Gasteiger partial charge in [0.15, 0.2) is 0 Å². The minimum atomic E-state index is 0.576. The molecule has 0 spiro atoms. The molecule has 1 aromatic carbocycles. The predicted octanol–water partition coefficient (Wildman–Crippen LogP) is 6.80. The summed E-state index contributed by atoms with van der Waals surface area (Å²) < 4.78 is 0. The van der Waals surface area contributed by atoms with Gasteiger partial charge in [-0.1, -0.05) is 76.1 Å². The molecule has 0 atom stereocenters. The molecule has 0 nitrogen and oxygen atoms in total. The highest BCUT2D eigenvalue weighted by Gasteiger charge is 2.10. The highest BCUT2D eigenvalue weighted by Crippen LogP contribution is 2.35. The van der Waals surface area contributed by atoms with Gasteiger partial charge in [-0.25, -0.2) is 0 Å². The van der Waals surface area contributed by atoms with Gasteiger partial charge in [-0.15, -0.1) is 0 Å². The van der Waals surface area contributed by atoms with Gasteiger partial charge in [0.2, 0.25) is 0 Å². The second-order valence-electron chi connectivity index (χ2n) is 6.71. The summed E-state index contributed by atoms with van der Waals surface area (Å²) in [7, 11) is 0. The summed E-state index contributed by atoms with van der Waals surface area (Å²) >= 11 is 0. The van der Waals surface area contributed by atoms with Gasteiger partial charge in [0.05, 0.1) is 0 Å². The fourth-order valence-corrected chi connectivity index (χ4v) is 3.23. The molecule has 22 heavy (non-hydrogen) atoms. The molecule has 0 bridgehead atoms. The van der Waals surface area contributed by atoms with Crippen LogP contribution in [0, 0.1) is 0 Å². The van der Waals surface area contributed by atoms with Crippen LogP contribution in [0.5, 0.6) is 0 Å². The molecule has 0 heterocycles. The molecule has 0 saturated carbocycles. The van der Waals surface area contributed by atoms with Crippen molar-refractivity contribution in [1.82, 2.24) is 0 Å². The molecule has 2 aliphatic rings. The van der Waals surface area contributed by atoms with Gasteiger partial charge < -0.3 is 0 Å². The van der Waals surface area contributed by atoms with Crippen LogP contribution in [0.4, 0.5) is 0 Å². The first-order valence-electron chi connectivity index (χ1n) is 8.64. The average molecular weight is 290 g/mol. The molecular weight excluding hydrogens is 264 g/mol. The molecule has 0 aromatic heterocycles. The van der Waals surface area contributed by atoms with Crippen LogP contribution in [-0.2, 0) is 6.42 Å². The van der Waals surface area contributed by atoms with Crippen LogP contribution in [-0.4, -0.2) is 0 Å². The van der Waals surface area contributed by atoms with Crippen LogP contribution >= 0.6 is 0 Å². The van der Waals surface area contributed by atoms with Crippen molar-refractivity contribution < 1.29 is 0 Å². The number of unbranched alkanes of at least 4 members (excludes halogenated alkanes) is 2. The van der Waals surface area contributed by atoms with Crippen LogP contribution in [0.1, 0.15) is 57.1 Å². The molecule has 3 rings (SSSR count). The lowest BCUT2D eigenvalue weighted by atomic mass is 10.0. The van der Waals surface area contributed by atoms with E-state index in [0.29, 0.717) is 5.92 Å². The van der Waals surface area contributed by atoms with Crippen molar-refractivity contribution in [3.8, 4) is 11.1 Å². The minimum absolute atomic E-state index is 0.576. The first-order valence-corrected chi connectivity index (χ1v) is 8.64. The summed E-state index contributed by atoms with van der Waals surface area (Å²) in [6.45, 7) is 6.77. The summed E-state index contributed by atoms with van der Waals surface area (Å²) in [5, 5.41) is 2.78. The van der Waals surface area contributed by atoms with E-state index in [1.165, 1.54) is 58.7 Å². The van der Waals surface area contributed by atoms with Crippen LogP contribution in [0.15, 0.2) is 48.5 Å². The monoisotopic (exact) mass is 290 g/mol. The summed E-state index contributed by atoms with van der Waals surface area (Å²) in [5.74, 6) is 0.576. The van der Waals surface area contributed by atoms with E-state index >= 15 is 0 Å². The minimum Gasteiger partial charge on any atom is -0.0654 e. The Morgan fingerprint density at radius 2 is 1.68 bits per heavy atom. The highest BCUT2D eigenvalue weighted by molar-refractivity contribution is 6.02. The topological polar surface area (TPSA) is 0 Å². The van der Waals surface area contributed by atoms with Gasteiger partial charge in [-0.2, -0.15) is 0 Å². The van der Waals surface area contributed by atoms with E-state index in [4.69, 9.17) is 0 Å². The van der Waals surface area contributed by atoms with E-state index in [9.17, 15) is 0 Å². The van der Waals surface area contributed by atoms with E-state index in [1.54, 1.807) is 0 Å². The fraction of sp³-hybridized carbons (Fsp3) is 0.364. The van der Waals surface area contributed by atoms with Crippen molar-refractivity contribution in [3.63, 3.8) is 0 Å². The number of hydrogen-bond donors (Lipinski definition) is 0. The largest absolute Gasteiger partial charge is 0.0654 e. The Labute approximate surface area is 134 Å². The Morgan fingerprint density at radius 1 is 0.864 bits per heavy atom. The lowest BCUT2D eigenvalue weighted by Gasteiger charge is -2.02. The molecule has 0 amide bonds. The van der Waals surface area contributed by atoms with Crippen LogP contribution < -0.4 is 0 Å². The van der Waals surface area contributed by atoms with Crippen molar-refractivity contribution in [2.75, 3.05) is 0 Å². The van der Waals surface area contributed by atoms with E-state index in [1.807, 2.05) is 0 Å².